The lowest BCUT2D eigenvalue weighted by Gasteiger charge is -2.07. The van der Waals surface area contributed by atoms with E-state index in [-0.39, 0.29) is 5.91 Å². The van der Waals surface area contributed by atoms with Gasteiger partial charge >= 0.3 is 0 Å². The van der Waals surface area contributed by atoms with Crippen molar-refractivity contribution < 1.29 is 4.79 Å². The van der Waals surface area contributed by atoms with Crippen LogP contribution in [-0.4, -0.2) is 23.5 Å². The van der Waals surface area contributed by atoms with Crippen LogP contribution in [0, 0.1) is 6.92 Å². The van der Waals surface area contributed by atoms with Crippen molar-refractivity contribution in [1.29, 1.82) is 0 Å². The summed E-state index contributed by atoms with van der Waals surface area (Å²) in [5, 5.41) is 9.38. The molecule has 0 atom stereocenters. The van der Waals surface area contributed by atoms with E-state index in [1.54, 1.807) is 11.3 Å². The van der Waals surface area contributed by atoms with Gasteiger partial charge in [0.05, 0.1) is 10.7 Å². The van der Waals surface area contributed by atoms with Gasteiger partial charge in [-0.15, -0.1) is 11.3 Å². The van der Waals surface area contributed by atoms with Crippen LogP contribution in [0.4, 0.5) is 5.69 Å². The lowest BCUT2D eigenvalue weighted by Crippen LogP contribution is -2.23. The molecule has 2 N–H and O–H groups in total. The standard InChI is InChI=1S/C16H19N3OS/c1-11-18-15(10-21-11)12-3-2-4-14(9-12)19-16(20)7-8-17-13-5-6-13/h2-4,9-10,13,17H,5-8H2,1H3,(H,19,20). The molecule has 1 aromatic carbocycles. The second-order valence-corrected chi connectivity index (χ2v) is 6.42. The van der Waals surface area contributed by atoms with Gasteiger partial charge in [0.25, 0.3) is 0 Å². The molecule has 1 aliphatic rings. The van der Waals surface area contributed by atoms with Gasteiger partial charge < -0.3 is 10.6 Å². The van der Waals surface area contributed by atoms with E-state index in [4.69, 9.17) is 0 Å². The number of thiazole rings is 1. The van der Waals surface area contributed by atoms with Gasteiger partial charge in [0, 0.05) is 35.6 Å². The van der Waals surface area contributed by atoms with Crippen molar-refractivity contribution in [3.63, 3.8) is 0 Å². The zero-order valence-electron chi connectivity index (χ0n) is 12.1. The Labute approximate surface area is 128 Å². The van der Waals surface area contributed by atoms with Crippen molar-refractivity contribution in [2.45, 2.75) is 32.2 Å². The number of hydrogen-bond acceptors (Lipinski definition) is 4. The number of hydrogen-bond donors (Lipinski definition) is 2. The summed E-state index contributed by atoms with van der Waals surface area (Å²) in [5.41, 5.74) is 2.83. The molecule has 0 unspecified atom stereocenters. The maximum Gasteiger partial charge on any atom is 0.225 e. The third kappa shape index (κ3) is 4.12. The van der Waals surface area contributed by atoms with Gasteiger partial charge in [0.1, 0.15) is 0 Å². The van der Waals surface area contributed by atoms with Crippen LogP contribution in [-0.2, 0) is 4.79 Å². The molecule has 1 fully saturated rings. The van der Waals surface area contributed by atoms with Crippen molar-refractivity contribution >= 4 is 22.9 Å². The van der Waals surface area contributed by atoms with Gasteiger partial charge in [-0.3, -0.25) is 4.79 Å². The Morgan fingerprint density at radius 3 is 3.00 bits per heavy atom. The first-order chi connectivity index (χ1) is 10.2. The van der Waals surface area contributed by atoms with E-state index in [1.807, 2.05) is 36.6 Å². The highest BCUT2D eigenvalue weighted by atomic mass is 32.1. The number of rotatable bonds is 6. The van der Waals surface area contributed by atoms with Crippen LogP contribution >= 0.6 is 11.3 Å². The number of aromatic nitrogens is 1. The fourth-order valence-corrected chi connectivity index (χ4v) is 2.78. The highest BCUT2D eigenvalue weighted by Gasteiger charge is 2.20. The monoisotopic (exact) mass is 301 g/mol. The van der Waals surface area contributed by atoms with E-state index in [0.29, 0.717) is 12.5 Å². The largest absolute Gasteiger partial charge is 0.326 e. The Morgan fingerprint density at radius 1 is 1.43 bits per heavy atom. The summed E-state index contributed by atoms with van der Waals surface area (Å²) in [5.74, 6) is 0.0507. The van der Waals surface area contributed by atoms with Crippen molar-refractivity contribution in [3.8, 4) is 11.3 Å². The second-order valence-electron chi connectivity index (χ2n) is 5.36. The molecule has 0 bridgehead atoms. The predicted octanol–water partition coefficient (Wildman–Crippen LogP) is 3.20. The molecule has 2 aromatic rings. The molecule has 5 heteroatoms. The van der Waals surface area contributed by atoms with Crippen LogP contribution in [0.15, 0.2) is 29.6 Å². The highest BCUT2D eigenvalue weighted by molar-refractivity contribution is 7.09. The molecular weight excluding hydrogens is 282 g/mol. The number of nitrogens with one attached hydrogen (secondary N) is 2. The summed E-state index contributed by atoms with van der Waals surface area (Å²) >= 11 is 1.63. The first-order valence-corrected chi connectivity index (χ1v) is 8.14. The fourth-order valence-electron chi connectivity index (χ4n) is 2.15. The summed E-state index contributed by atoms with van der Waals surface area (Å²) in [4.78, 5) is 16.4. The third-order valence-electron chi connectivity index (χ3n) is 3.42. The number of nitrogens with zero attached hydrogens (tertiary/aromatic N) is 1. The summed E-state index contributed by atoms with van der Waals surface area (Å²) < 4.78 is 0. The summed E-state index contributed by atoms with van der Waals surface area (Å²) in [6, 6.07) is 8.49. The summed E-state index contributed by atoms with van der Waals surface area (Å²) in [6.07, 6.45) is 3.00. The number of aryl methyl sites for hydroxylation is 1. The minimum absolute atomic E-state index is 0.0507. The molecular formula is C16H19N3OS. The molecule has 1 heterocycles. The van der Waals surface area contributed by atoms with Crippen molar-refractivity contribution in [3.05, 3.63) is 34.7 Å². The van der Waals surface area contributed by atoms with E-state index in [1.165, 1.54) is 12.8 Å². The number of amides is 1. The van der Waals surface area contributed by atoms with E-state index < -0.39 is 0 Å². The highest BCUT2D eigenvalue weighted by Crippen LogP contribution is 2.24. The van der Waals surface area contributed by atoms with Gasteiger partial charge in [0.2, 0.25) is 5.91 Å². The minimum atomic E-state index is 0.0507. The lowest BCUT2D eigenvalue weighted by atomic mass is 10.1. The molecule has 1 aliphatic carbocycles. The maximum absolute atomic E-state index is 11.9. The maximum atomic E-state index is 11.9. The van der Waals surface area contributed by atoms with Gasteiger partial charge in [-0.05, 0) is 31.9 Å². The van der Waals surface area contributed by atoms with Crippen LogP contribution in [0.25, 0.3) is 11.3 Å². The summed E-state index contributed by atoms with van der Waals surface area (Å²) in [6.45, 7) is 2.74. The molecule has 4 nitrogen and oxygen atoms in total. The van der Waals surface area contributed by atoms with Crippen LogP contribution in [0.2, 0.25) is 0 Å². The van der Waals surface area contributed by atoms with Crippen molar-refractivity contribution in [1.82, 2.24) is 10.3 Å². The topological polar surface area (TPSA) is 54.0 Å². The van der Waals surface area contributed by atoms with E-state index >= 15 is 0 Å². The second kappa shape index (κ2) is 6.37. The zero-order chi connectivity index (χ0) is 14.7. The first kappa shape index (κ1) is 14.2. The van der Waals surface area contributed by atoms with E-state index in [2.05, 4.69) is 15.6 Å². The van der Waals surface area contributed by atoms with E-state index in [0.717, 1.165) is 28.5 Å². The fraction of sp³-hybridized carbons (Fsp3) is 0.375. The predicted molar refractivity (Wildman–Crippen MR) is 86.6 cm³/mol. The van der Waals surface area contributed by atoms with Crippen molar-refractivity contribution in [2.75, 3.05) is 11.9 Å². The third-order valence-corrected chi connectivity index (χ3v) is 4.20. The smallest absolute Gasteiger partial charge is 0.225 e. The Morgan fingerprint density at radius 2 is 2.29 bits per heavy atom. The molecule has 1 aromatic heterocycles. The Balaban J connectivity index is 1.58. The normalized spacial score (nSPS) is 14.1. The molecule has 3 rings (SSSR count). The van der Waals surface area contributed by atoms with E-state index in [9.17, 15) is 4.79 Å². The molecule has 110 valence electrons. The van der Waals surface area contributed by atoms with Crippen LogP contribution in [0.5, 0.6) is 0 Å². The number of benzene rings is 1. The SMILES string of the molecule is Cc1nc(-c2cccc(NC(=O)CCNC3CC3)c2)cs1. The molecule has 0 radical (unpaired) electrons. The van der Waals surface area contributed by atoms with Crippen LogP contribution in [0.3, 0.4) is 0 Å². The quantitative estimate of drug-likeness (QED) is 0.861. The molecule has 0 saturated heterocycles. The summed E-state index contributed by atoms with van der Waals surface area (Å²) in [7, 11) is 0. The van der Waals surface area contributed by atoms with Crippen LogP contribution in [0.1, 0.15) is 24.3 Å². The zero-order valence-corrected chi connectivity index (χ0v) is 12.9. The van der Waals surface area contributed by atoms with Crippen molar-refractivity contribution in [2.24, 2.45) is 0 Å². The molecule has 0 aliphatic heterocycles. The molecule has 1 saturated carbocycles. The Bertz CT molecular complexity index is 634. The van der Waals surface area contributed by atoms with Crippen LogP contribution < -0.4 is 10.6 Å². The lowest BCUT2D eigenvalue weighted by molar-refractivity contribution is -0.116. The van der Waals surface area contributed by atoms with Gasteiger partial charge in [0.15, 0.2) is 0 Å². The Kier molecular flexibility index (Phi) is 4.31. The average molecular weight is 301 g/mol. The average Bonchev–Trinajstić information content (AvgIpc) is 3.18. The minimum Gasteiger partial charge on any atom is -0.326 e. The first-order valence-electron chi connectivity index (χ1n) is 7.26. The number of carbonyl (C=O) groups excluding carboxylic acids is 1. The molecule has 21 heavy (non-hydrogen) atoms. The molecule has 0 spiro atoms. The van der Waals surface area contributed by atoms with Gasteiger partial charge in [-0.1, -0.05) is 12.1 Å². The van der Waals surface area contributed by atoms with Gasteiger partial charge in [-0.25, -0.2) is 4.98 Å². The number of carbonyl (C=O) groups is 1. The Hall–Kier alpha value is -1.72. The molecule has 1 amide bonds. The van der Waals surface area contributed by atoms with Gasteiger partial charge in [-0.2, -0.15) is 0 Å². The number of anilines is 1.